The molecule has 0 aliphatic carbocycles. The molecule has 0 aromatic rings. The molecule has 0 saturated carbocycles. The maximum absolute atomic E-state index is 12.4. The molecule has 1 rings (SSSR count). The number of unbranched alkanes of at least 4 members (excludes halogenated alkanes) is 3. The zero-order valence-electron chi connectivity index (χ0n) is 12.6. The van der Waals surface area contributed by atoms with Crippen LogP contribution < -0.4 is 0 Å². The van der Waals surface area contributed by atoms with E-state index < -0.39 is 6.09 Å². The number of carbonyl (C=O) groups excluding carboxylic acids is 2. The molecular formula is C15H27NO3. The normalized spacial score (nSPS) is 20.8. The smallest absolute Gasteiger partial charge is 0.416 e. The number of ether oxygens (including phenoxy) is 1. The van der Waals surface area contributed by atoms with Crippen molar-refractivity contribution in [1.29, 1.82) is 0 Å². The van der Waals surface area contributed by atoms with Crippen LogP contribution in [0.4, 0.5) is 4.79 Å². The van der Waals surface area contributed by atoms with E-state index >= 15 is 0 Å². The fraction of sp³-hybridized carbons (Fsp3) is 0.867. The molecule has 1 aliphatic heterocycles. The van der Waals surface area contributed by atoms with Gasteiger partial charge in [-0.1, -0.05) is 53.4 Å². The lowest BCUT2D eigenvalue weighted by atomic mass is 9.98. The van der Waals surface area contributed by atoms with Crippen molar-refractivity contribution in [2.75, 3.05) is 6.61 Å². The van der Waals surface area contributed by atoms with Crippen LogP contribution in [0.5, 0.6) is 0 Å². The molecule has 0 spiro atoms. The number of carbonyl (C=O) groups is 2. The topological polar surface area (TPSA) is 46.6 Å². The lowest BCUT2D eigenvalue weighted by Crippen LogP contribution is -2.44. The van der Waals surface area contributed by atoms with E-state index in [1.54, 1.807) is 0 Å². The van der Waals surface area contributed by atoms with Crippen LogP contribution in [0.3, 0.4) is 0 Å². The van der Waals surface area contributed by atoms with E-state index in [-0.39, 0.29) is 23.8 Å². The Morgan fingerprint density at radius 2 is 2.00 bits per heavy atom. The monoisotopic (exact) mass is 269 g/mol. The van der Waals surface area contributed by atoms with Gasteiger partial charge >= 0.3 is 6.09 Å². The largest absolute Gasteiger partial charge is 0.447 e. The third-order valence-corrected chi connectivity index (χ3v) is 3.83. The Bertz CT molecular complexity index is 315. The van der Waals surface area contributed by atoms with Gasteiger partial charge in [-0.25, -0.2) is 9.69 Å². The number of nitrogens with zero attached hydrogens (tertiary/aromatic N) is 1. The summed E-state index contributed by atoms with van der Waals surface area (Å²) >= 11 is 0. The highest BCUT2D eigenvalue weighted by Gasteiger charge is 2.40. The molecule has 1 heterocycles. The second kappa shape index (κ2) is 7.51. The summed E-state index contributed by atoms with van der Waals surface area (Å²) in [5.74, 6) is 0.0733. The average Bonchev–Trinajstić information content (AvgIpc) is 2.75. The molecule has 1 aliphatic rings. The standard InChI is InChI=1S/C15H27NO3/c1-5-6-7-8-9-12(4)14(17)16-13(11(2)3)10-19-15(16)18/h11-13H,5-10H2,1-4H3/t12-,13+/m1/s1. The van der Waals surface area contributed by atoms with E-state index in [1.165, 1.54) is 17.7 Å². The minimum atomic E-state index is -0.468. The Balaban J connectivity index is 2.52. The van der Waals surface area contributed by atoms with Gasteiger partial charge in [0.1, 0.15) is 6.61 Å². The molecule has 110 valence electrons. The number of amides is 2. The highest BCUT2D eigenvalue weighted by Crippen LogP contribution is 2.23. The van der Waals surface area contributed by atoms with Crippen molar-refractivity contribution >= 4 is 12.0 Å². The molecule has 1 fully saturated rings. The Morgan fingerprint density at radius 1 is 1.32 bits per heavy atom. The van der Waals surface area contributed by atoms with Crippen molar-refractivity contribution < 1.29 is 14.3 Å². The van der Waals surface area contributed by atoms with E-state index in [2.05, 4.69) is 6.92 Å². The molecular weight excluding hydrogens is 242 g/mol. The van der Waals surface area contributed by atoms with Crippen LogP contribution >= 0.6 is 0 Å². The van der Waals surface area contributed by atoms with E-state index in [0.29, 0.717) is 6.61 Å². The van der Waals surface area contributed by atoms with Gasteiger partial charge in [0.2, 0.25) is 5.91 Å². The van der Waals surface area contributed by atoms with E-state index in [0.717, 1.165) is 19.3 Å². The van der Waals surface area contributed by atoms with Crippen molar-refractivity contribution in [3.63, 3.8) is 0 Å². The molecule has 4 heteroatoms. The molecule has 0 bridgehead atoms. The van der Waals surface area contributed by atoms with Crippen LogP contribution in [0.1, 0.15) is 59.8 Å². The van der Waals surface area contributed by atoms with Crippen LogP contribution in [-0.2, 0) is 9.53 Å². The maximum atomic E-state index is 12.4. The van der Waals surface area contributed by atoms with E-state index in [9.17, 15) is 9.59 Å². The van der Waals surface area contributed by atoms with Gasteiger partial charge in [-0.15, -0.1) is 0 Å². The van der Waals surface area contributed by atoms with Crippen LogP contribution in [0.25, 0.3) is 0 Å². The van der Waals surface area contributed by atoms with Gasteiger partial charge in [0.15, 0.2) is 0 Å². The van der Waals surface area contributed by atoms with Gasteiger partial charge in [0.05, 0.1) is 6.04 Å². The molecule has 2 amide bonds. The van der Waals surface area contributed by atoms with Gasteiger partial charge in [-0.3, -0.25) is 4.79 Å². The number of imide groups is 1. The van der Waals surface area contributed by atoms with Gasteiger partial charge in [0.25, 0.3) is 0 Å². The summed E-state index contributed by atoms with van der Waals surface area (Å²) in [6.45, 7) is 8.45. The predicted molar refractivity (Wildman–Crippen MR) is 74.7 cm³/mol. The Labute approximate surface area is 116 Å². The summed E-state index contributed by atoms with van der Waals surface area (Å²) in [6.07, 6.45) is 5.00. The lowest BCUT2D eigenvalue weighted by molar-refractivity contribution is -0.133. The average molecular weight is 269 g/mol. The number of hydrogen-bond donors (Lipinski definition) is 0. The third kappa shape index (κ3) is 4.22. The van der Waals surface area contributed by atoms with Crippen molar-refractivity contribution in [3.8, 4) is 0 Å². The summed E-state index contributed by atoms with van der Waals surface area (Å²) < 4.78 is 5.02. The van der Waals surface area contributed by atoms with Crippen molar-refractivity contribution in [3.05, 3.63) is 0 Å². The molecule has 19 heavy (non-hydrogen) atoms. The van der Waals surface area contributed by atoms with E-state index in [1.807, 2.05) is 20.8 Å². The van der Waals surface area contributed by atoms with Crippen molar-refractivity contribution in [2.24, 2.45) is 11.8 Å². The highest BCUT2D eigenvalue weighted by molar-refractivity contribution is 5.94. The Morgan fingerprint density at radius 3 is 2.58 bits per heavy atom. The number of rotatable bonds is 7. The zero-order chi connectivity index (χ0) is 14.4. The molecule has 2 atom stereocenters. The van der Waals surface area contributed by atoms with Gasteiger partial charge < -0.3 is 4.74 Å². The highest BCUT2D eigenvalue weighted by atomic mass is 16.6. The zero-order valence-corrected chi connectivity index (χ0v) is 12.6. The van der Waals surface area contributed by atoms with Gasteiger partial charge in [-0.05, 0) is 12.3 Å². The fourth-order valence-electron chi connectivity index (χ4n) is 2.42. The van der Waals surface area contributed by atoms with Crippen LogP contribution in [0, 0.1) is 11.8 Å². The van der Waals surface area contributed by atoms with Gasteiger partial charge in [-0.2, -0.15) is 0 Å². The molecule has 0 radical (unpaired) electrons. The summed E-state index contributed by atoms with van der Waals surface area (Å²) in [6, 6.07) is -0.0990. The van der Waals surface area contributed by atoms with Gasteiger partial charge in [0, 0.05) is 5.92 Å². The molecule has 0 N–H and O–H groups in total. The van der Waals surface area contributed by atoms with E-state index in [4.69, 9.17) is 4.74 Å². The minimum absolute atomic E-state index is 0.0716. The molecule has 4 nitrogen and oxygen atoms in total. The van der Waals surface area contributed by atoms with Crippen molar-refractivity contribution in [1.82, 2.24) is 4.90 Å². The number of hydrogen-bond acceptors (Lipinski definition) is 3. The van der Waals surface area contributed by atoms with Crippen LogP contribution in [0.2, 0.25) is 0 Å². The van der Waals surface area contributed by atoms with Crippen molar-refractivity contribution in [2.45, 2.75) is 65.8 Å². The molecule has 0 unspecified atom stereocenters. The quantitative estimate of drug-likeness (QED) is 0.663. The molecule has 1 saturated heterocycles. The second-order valence-electron chi connectivity index (χ2n) is 5.85. The maximum Gasteiger partial charge on any atom is 0.416 e. The first-order valence-electron chi connectivity index (χ1n) is 7.48. The molecule has 0 aromatic carbocycles. The van der Waals surface area contributed by atoms with Crippen LogP contribution in [-0.4, -0.2) is 29.5 Å². The first-order chi connectivity index (χ1) is 8.99. The minimum Gasteiger partial charge on any atom is -0.447 e. The summed E-state index contributed by atoms with van der Waals surface area (Å²) in [5.41, 5.74) is 0. The first kappa shape index (κ1) is 16.0. The Kier molecular flexibility index (Phi) is 6.32. The predicted octanol–water partition coefficient (Wildman–Crippen LogP) is 3.60. The fourth-order valence-corrected chi connectivity index (χ4v) is 2.42. The summed E-state index contributed by atoms with van der Waals surface area (Å²) in [4.78, 5) is 25.4. The molecule has 0 aromatic heterocycles. The third-order valence-electron chi connectivity index (χ3n) is 3.83. The van der Waals surface area contributed by atoms with Crippen LogP contribution in [0.15, 0.2) is 0 Å². The first-order valence-corrected chi connectivity index (χ1v) is 7.48. The second-order valence-corrected chi connectivity index (χ2v) is 5.85. The lowest BCUT2D eigenvalue weighted by Gasteiger charge is -2.25. The Hall–Kier alpha value is -1.06. The summed E-state index contributed by atoms with van der Waals surface area (Å²) in [7, 11) is 0. The summed E-state index contributed by atoms with van der Waals surface area (Å²) in [5, 5.41) is 0. The number of cyclic esters (lactones) is 1. The SMILES string of the molecule is CCCCCC[C@@H](C)C(=O)N1C(=O)OC[C@H]1C(C)C.